The average molecular weight is 251 g/mol. The van der Waals surface area contributed by atoms with Gasteiger partial charge in [-0.15, -0.1) is 0 Å². The van der Waals surface area contributed by atoms with Gasteiger partial charge in [-0.05, 0) is 29.8 Å². The van der Waals surface area contributed by atoms with Crippen molar-refractivity contribution in [2.45, 2.75) is 6.54 Å². The number of amides is 1. The van der Waals surface area contributed by atoms with Crippen LogP contribution in [-0.4, -0.2) is 12.1 Å². The van der Waals surface area contributed by atoms with Crippen molar-refractivity contribution in [3.8, 4) is 0 Å². The molecule has 94 valence electrons. The Labute approximate surface area is 111 Å². The van der Waals surface area contributed by atoms with Crippen LogP contribution in [0.25, 0.3) is 0 Å². The van der Waals surface area contributed by atoms with E-state index in [1.165, 1.54) is 5.56 Å². The summed E-state index contributed by atoms with van der Waals surface area (Å²) in [4.78, 5) is 12.0. The monoisotopic (exact) mass is 251 g/mol. The van der Waals surface area contributed by atoms with Gasteiger partial charge < -0.3 is 10.7 Å². The van der Waals surface area contributed by atoms with Gasteiger partial charge in [0.25, 0.3) is 5.91 Å². The first-order valence-electron chi connectivity index (χ1n) is 6.08. The van der Waals surface area contributed by atoms with Gasteiger partial charge in [-0.25, -0.2) is 0 Å². The summed E-state index contributed by atoms with van der Waals surface area (Å²) in [5.41, 5.74) is 6.54. The van der Waals surface area contributed by atoms with Crippen LogP contribution >= 0.6 is 0 Å². The zero-order valence-corrected chi connectivity index (χ0v) is 10.3. The van der Waals surface area contributed by atoms with E-state index >= 15 is 0 Å². The third-order valence-electron chi connectivity index (χ3n) is 3.00. The fourth-order valence-electron chi connectivity index (χ4n) is 1.99. The molecule has 0 fully saturated rings. The minimum atomic E-state index is -0.105. The average Bonchev–Trinajstić information content (AvgIpc) is 2.48. The minimum absolute atomic E-state index is 0.105. The quantitative estimate of drug-likeness (QED) is 0.861. The summed E-state index contributed by atoms with van der Waals surface area (Å²) in [6, 6.07) is 15.0. The van der Waals surface area contributed by atoms with Crippen molar-refractivity contribution in [2.75, 3.05) is 5.32 Å². The number of fused-ring (bicyclic) bond motifs is 1. The van der Waals surface area contributed by atoms with E-state index in [2.05, 4.69) is 15.8 Å². The summed E-state index contributed by atoms with van der Waals surface area (Å²) in [6.07, 6.45) is 1.76. The van der Waals surface area contributed by atoms with Crippen molar-refractivity contribution < 1.29 is 4.79 Å². The number of nitrogens with zero attached hydrogens (tertiary/aromatic N) is 1. The smallest absolute Gasteiger partial charge is 0.255 e. The Hall–Kier alpha value is -2.62. The molecule has 0 saturated heterocycles. The van der Waals surface area contributed by atoms with Crippen LogP contribution in [-0.2, 0) is 6.54 Å². The van der Waals surface area contributed by atoms with E-state index in [0.29, 0.717) is 5.56 Å². The van der Waals surface area contributed by atoms with Crippen LogP contribution in [0.5, 0.6) is 0 Å². The molecule has 0 radical (unpaired) electrons. The van der Waals surface area contributed by atoms with Gasteiger partial charge in [0.05, 0.1) is 12.8 Å². The molecule has 4 nitrogen and oxygen atoms in total. The predicted molar refractivity (Wildman–Crippen MR) is 75.3 cm³/mol. The number of hydrogen-bond donors (Lipinski definition) is 2. The summed E-state index contributed by atoms with van der Waals surface area (Å²) < 4.78 is 0. The summed E-state index contributed by atoms with van der Waals surface area (Å²) >= 11 is 0. The lowest BCUT2D eigenvalue weighted by molar-refractivity contribution is 0.102. The Kier molecular flexibility index (Phi) is 2.98. The first kappa shape index (κ1) is 11.5. The van der Waals surface area contributed by atoms with Crippen LogP contribution in [0.3, 0.4) is 0 Å². The number of hydrazone groups is 1. The molecule has 0 aromatic heterocycles. The van der Waals surface area contributed by atoms with E-state index in [1.54, 1.807) is 18.3 Å². The first-order chi connectivity index (χ1) is 9.33. The van der Waals surface area contributed by atoms with Crippen LogP contribution in [0.2, 0.25) is 0 Å². The number of benzene rings is 2. The second-order valence-corrected chi connectivity index (χ2v) is 4.33. The molecule has 0 saturated carbocycles. The number of nitrogens with one attached hydrogen (secondary N) is 2. The highest BCUT2D eigenvalue weighted by atomic mass is 16.1. The summed E-state index contributed by atoms with van der Waals surface area (Å²) in [5.74, 6) is -0.105. The van der Waals surface area contributed by atoms with E-state index in [4.69, 9.17) is 0 Å². The second kappa shape index (κ2) is 4.94. The van der Waals surface area contributed by atoms with Crippen molar-refractivity contribution in [1.29, 1.82) is 0 Å². The fourth-order valence-corrected chi connectivity index (χ4v) is 1.99. The summed E-state index contributed by atoms with van der Waals surface area (Å²) in [7, 11) is 0. The molecule has 0 unspecified atom stereocenters. The number of hydrogen-bond acceptors (Lipinski definition) is 3. The molecule has 1 aliphatic heterocycles. The maximum Gasteiger partial charge on any atom is 0.255 e. The Morgan fingerprint density at radius 3 is 2.84 bits per heavy atom. The highest BCUT2D eigenvalue weighted by molar-refractivity contribution is 6.04. The van der Waals surface area contributed by atoms with Gasteiger partial charge in [0.15, 0.2) is 0 Å². The first-order valence-corrected chi connectivity index (χ1v) is 6.08. The van der Waals surface area contributed by atoms with Gasteiger partial charge in [-0.2, -0.15) is 5.10 Å². The van der Waals surface area contributed by atoms with E-state index in [0.717, 1.165) is 17.8 Å². The van der Waals surface area contributed by atoms with E-state index in [1.807, 2.05) is 36.4 Å². The standard InChI is InChI=1S/C15H13N3O/c19-15(11-4-2-1-3-5-11)18-14-7-6-12-9-16-17-10-13(12)8-14/h1-8,10,16H,9H2,(H,18,19). The van der Waals surface area contributed by atoms with Gasteiger partial charge in [0.1, 0.15) is 0 Å². The lowest BCUT2D eigenvalue weighted by Gasteiger charge is -2.13. The van der Waals surface area contributed by atoms with Crippen LogP contribution in [0, 0.1) is 0 Å². The molecular weight excluding hydrogens is 238 g/mol. The molecule has 0 atom stereocenters. The van der Waals surface area contributed by atoms with Crippen LogP contribution in [0.4, 0.5) is 5.69 Å². The number of rotatable bonds is 2. The third kappa shape index (κ3) is 2.47. The Balaban J connectivity index is 1.81. The molecule has 0 spiro atoms. The lowest BCUT2D eigenvalue weighted by Crippen LogP contribution is -2.15. The van der Waals surface area contributed by atoms with Gasteiger partial charge in [0.2, 0.25) is 0 Å². The molecule has 1 amide bonds. The molecule has 1 heterocycles. The van der Waals surface area contributed by atoms with Crippen LogP contribution in [0.15, 0.2) is 53.6 Å². The molecule has 0 bridgehead atoms. The topological polar surface area (TPSA) is 53.5 Å². The molecule has 3 rings (SSSR count). The van der Waals surface area contributed by atoms with Gasteiger partial charge in [-0.3, -0.25) is 4.79 Å². The predicted octanol–water partition coefficient (Wildman–Crippen LogP) is 2.38. The normalized spacial score (nSPS) is 12.4. The zero-order valence-electron chi connectivity index (χ0n) is 10.3. The van der Waals surface area contributed by atoms with Gasteiger partial charge in [-0.1, -0.05) is 24.3 Å². The van der Waals surface area contributed by atoms with Crippen LogP contribution < -0.4 is 10.7 Å². The van der Waals surface area contributed by atoms with Crippen molar-refractivity contribution in [1.82, 2.24) is 5.43 Å². The fraction of sp³-hybridized carbons (Fsp3) is 0.0667. The molecule has 2 aromatic carbocycles. The van der Waals surface area contributed by atoms with Gasteiger partial charge in [0, 0.05) is 16.8 Å². The maximum absolute atomic E-state index is 12.0. The number of carbonyl (C=O) groups excluding carboxylic acids is 1. The van der Waals surface area contributed by atoms with Crippen molar-refractivity contribution in [2.24, 2.45) is 5.10 Å². The summed E-state index contributed by atoms with van der Waals surface area (Å²) in [5, 5.41) is 6.90. The van der Waals surface area contributed by atoms with Gasteiger partial charge >= 0.3 is 0 Å². The SMILES string of the molecule is O=C(Nc1ccc2c(c1)C=NNC2)c1ccccc1. The van der Waals surface area contributed by atoms with E-state index in [9.17, 15) is 4.79 Å². The molecule has 19 heavy (non-hydrogen) atoms. The molecule has 2 N–H and O–H groups in total. The number of anilines is 1. The van der Waals surface area contributed by atoms with E-state index in [-0.39, 0.29) is 5.91 Å². The Morgan fingerprint density at radius 2 is 2.00 bits per heavy atom. The Bertz CT molecular complexity index is 635. The van der Waals surface area contributed by atoms with Crippen molar-refractivity contribution in [3.63, 3.8) is 0 Å². The second-order valence-electron chi connectivity index (χ2n) is 4.33. The highest BCUT2D eigenvalue weighted by Gasteiger charge is 2.08. The van der Waals surface area contributed by atoms with E-state index < -0.39 is 0 Å². The van der Waals surface area contributed by atoms with Crippen molar-refractivity contribution >= 4 is 17.8 Å². The highest BCUT2D eigenvalue weighted by Crippen LogP contribution is 2.17. The molecular formula is C15H13N3O. The molecule has 0 aliphatic carbocycles. The minimum Gasteiger partial charge on any atom is -0.322 e. The largest absolute Gasteiger partial charge is 0.322 e. The molecule has 1 aliphatic rings. The maximum atomic E-state index is 12.0. The zero-order chi connectivity index (χ0) is 13.1. The van der Waals surface area contributed by atoms with Crippen LogP contribution in [0.1, 0.15) is 21.5 Å². The summed E-state index contributed by atoms with van der Waals surface area (Å²) in [6.45, 7) is 0.721. The molecule has 4 heteroatoms. The Morgan fingerprint density at radius 1 is 1.16 bits per heavy atom. The third-order valence-corrected chi connectivity index (χ3v) is 3.00. The number of carbonyl (C=O) groups is 1. The molecule has 2 aromatic rings. The van der Waals surface area contributed by atoms with Crippen molar-refractivity contribution in [3.05, 3.63) is 65.2 Å². The lowest BCUT2D eigenvalue weighted by atomic mass is 10.1.